The molecule has 1 heterocycles. The molecule has 0 saturated heterocycles. The number of amides is 1. The zero-order chi connectivity index (χ0) is 17.9. The van der Waals surface area contributed by atoms with Crippen molar-refractivity contribution in [3.05, 3.63) is 29.6 Å². The first-order chi connectivity index (χ1) is 10.8. The van der Waals surface area contributed by atoms with Crippen LogP contribution in [-0.4, -0.2) is 22.8 Å². The van der Waals surface area contributed by atoms with Gasteiger partial charge in [0.05, 0.1) is 0 Å². The van der Waals surface area contributed by atoms with Crippen molar-refractivity contribution in [2.24, 2.45) is 0 Å². The zero-order valence-corrected chi connectivity index (χ0v) is 15.9. The predicted octanol–water partition coefficient (Wildman–Crippen LogP) is 5.24. The lowest BCUT2D eigenvalue weighted by Gasteiger charge is -2.19. The van der Waals surface area contributed by atoms with Gasteiger partial charge in [-0.2, -0.15) is 0 Å². The molecule has 4 nitrogen and oxygen atoms in total. The fourth-order valence-electron chi connectivity index (χ4n) is 1.87. The van der Waals surface area contributed by atoms with Crippen molar-refractivity contribution >= 4 is 12.2 Å². The van der Waals surface area contributed by atoms with Gasteiger partial charge in [0.15, 0.2) is 0 Å². The van der Waals surface area contributed by atoms with E-state index in [4.69, 9.17) is 4.74 Å². The first-order valence-electron chi connectivity index (χ1n) is 8.61. The van der Waals surface area contributed by atoms with E-state index in [2.05, 4.69) is 48.1 Å². The smallest absolute Gasteiger partial charge is 0.407 e. The molecule has 1 amide bonds. The number of allylic oxidation sites excluding steroid dienone is 1. The van der Waals surface area contributed by atoms with E-state index < -0.39 is 5.60 Å². The second-order valence-corrected chi connectivity index (χ2v) is 6.25. The third kappa shape index (κ3) is 9.82. The average Bonchev–Trinajstić information content (AvgIpc) is 2.91. The van der Waals surface area contributed by atoms with Gasteiger partial charge in [-0.05, 0) is 58.7 Å². The number of nitrogens with zero attached hydrogens (tertiary/aromatic N) is 1. The third-order valence-electron chi connectivity index (χ3n) is 3.06. The summed E-state index contributed by atoms with van der Waals surface area (Å²) in [4.78, 5) is 11.5. The average molecular weight is 322 g/mol. The lowest BCUT2D eigenvalue weighted by atomic mass is 10.2. The molecule has 0 saturated carbocycles. The van der Waals surface area contributed by atoms with Crippen molar-refractivity contribution in [3.8, 4) is 0 Å². The van der Waals surface area contributed by atoms with E-state index in [0.29, 0.717) is 6.54 Å². The zero-order valence-electron chi connectivity index (χ0n) is 15.9. The van der Waals surface area contributed by atoms with Crippen LogP contribution < -0.4 is 5.32 Å². The van der Waals surface area contributed by atoms with Crippen molar-refractivity contribution in [2.45, 2.75) is 73.5 Å². The van der Waals surface area contributed by atoms with Crippen LogP contribution in [0.2, 0.25) is 0 Å². The van der Waals surface area contributed by atoms with Gasteiger partial charge in [0.2, 0.25) is 0 Å². The Bertz CT molecular complexity index is 482. The summed E-state index contributed by atoms with van der Waals surface area (Å²) < 4.78 is 7.40. The molecule has 4 heteroatoms. The molecule has 0 aromatic carbocycles. The Morgan fingerprint density at radius 2 is 2.00 bits per heavy atom. The highest BCUT2D eigenvalue weighted by Crippen LogP contribution is 2.11. The monoisotopic (exact) mass is 322 g/mol. The molecule has 1 aromatic rings. The Morgan fingerprint density at radius 3 is 2.57 bits per heavy atom. The van der Waals surface area contributed by atoms with E-state index in [1.54, 1.807) is 0 Å². The van der Waals surface area contributed by atoms with Crippen LogP contribution in [0.4, 0.5) is 4.79 Å². The number of aromatic nitrogens is 1. The first kappa shape index (κ1) is 21.3. The molecule has 0 spiro atoms. The van der Waals surface area contributed by atoms with Crippen molar-refractivity contribution in [2.75, 3.05) is 6.54 Å². The van der Waals surface area contributed by atoms with Gasteiger partial charge >= 0.3 is 6.09 Å². The number of ether oxygens (including phenoxy) is 1. The number of rotatable bonds is 6. The quantitative estimate of drug-likeness (QED) is 0.728. The van der Waals surface area contributed by atoms with Gasteiger partial charge in [0.25, 0.3) is 0 Å². The second kappa shape index (κ2) is 10.9. The molecule has 0 bridgehead atoms. The minimum atomic E-state index is -0.444. The maximum atomic E-state index is 11.5. The summed E-state index contributed by atoms with van der Waals surface area (Å²) in [6.45, 7) is 15.4. The van der Waals surface area contributed by atoms with Crippen LogP contribution in [0.3, 0.4) is 0 Å². The largest absolute Gasteiger partial charge is 0.444 e. The van der Waals surface area contributed by atoms with Gasteiger partial charge in [-0.15, -0.1) is 0 Å². The molecule has 1 rings (SSSR count). The van der Waals surface area contributed by atoms with Gasteiger partial charge in [0, 0.05) is 25.0 Å². The SMILES string of the molecule is CC.CC/C(C)=C/c1cccn1CCCNC(=O)OC(C)(C)C. The number of carbonyl (C=O) groups is 1. The molecule has 0 radical (unpaired) electrons. The Morgan fingerprint density at radius 1 is 1.35 bits per heavy atom. The van der Waals surface area contributed by atoms with Gasteiger partial charge < -0.3 is 14.6 Å². The van der Waals surface area contributed by atoms with Crippen LogP contribution in [0.15, 0.2) is 23.9 Å². The van der Waals surface area contributed by atoms with Gasteiger partial charge in [0.1, 0.15) is 5.60 Å². The fourth-order valence-corrected chi connectivity index (χ4v) is 1.87. The van der Waals surface area contributed by atoms with Crippen LogP contribution in [0, 0.1) is 0 Å². The van der Waals surface area contributed by atoms with Crippen molar-refractivity contribution in [3.63, 3.8) is 0 Å². The minimum Gasteiger partial charge on any atom is -0.444 e. The standard InChI is InChI=1S/C17H28N2O2.C2H6/c1-6-14(2)13-15-9-7-11-19(15)12-8-10-18-16(20)21-17(3,4)5;1-2/h7,9,11,13H,6,8,10,12H2,1-5H3,(H,18,20);1-2H3/b14-13+;. The van der Waals surface area contributed by atoms with E-state index >= 15 is 0 Å². The van der Waals surface area contributed by atoms with Crippen LogP contribution in [0.5, 0.6) is 0 Å². The summed E-state index contributed by atoms with van der Waals surface area (Å²) >= 11 is 0. The highest BCUT2D eigenvalue weighted by molar-refractivity contribution is 5.67. The van der Waals surface area contributed by atoms with Gasteiger partial charge in [-0.3, -0.25) is 0 Å². The summed E-state index contributed by atoms with van der Waals surface area (Å²) in [5.74, 6) is 0. The number of hydrogen-bond donors (Lipinski definition) is 1. The van der Waals surface area contributed by atoms with Gasteiger partial charge in [-0.25, -0.2) is 4.79 Å². The molecular formula is C19H34N2O2. The topological polar surface area (TPSA) is 43.3 Å². The summed E-state index contributed by atoms with van der Waals surface area (Å²) in [6.07, 6.45) is 5.87. The Hall–Kier alpha value is -1.71. The van der Waals surface area contributed by atoms with Gasteiger partial charge in [-0.1, -0.05) is 26.3 Å². The molecule has 0 aliphatic rings. The summed E-state index contributed by atoms with van der Waals surface area (Å²) in [5, 5.41) is 2.78. The van der Waals surface area contributed by atoms with Crippen LogP contribution in [0.1, 0.15) is 67.0 Å². The molecule has 0 fully saturated rings. The van der Waals surface area contributed by atoms with E-state index in [1.165, 1.54) is 11.3 Å². The number of hydrogen-bond acceptors (Lipinski definition) is 2. The van der Waals surface area contributed by atoms with E-state index in [-0.39, 0.29) is 6.09 Å². The van der Waals surface area contributed by atoms with Crippen molar-refractivity contribution in [1.29, 1.82) is 0 Å². The summed E-state index contributed by atoms with van der Waals surface area (Å²) in [7, 11) is 0. The molecule has 1 N–H and O–H groups in total. The van der Waals surface area contributed by atoms with Crippen molar-refractivity contribution < 1.29 is 9.53 Å². The molecule has 23 heavy (non-hydrogen) atoms. The van der Waals surface area contributed by atoms with Crippen LogP contribution in [-0.2, 0) is 11.3 Å². The van der Waals surface area contributed by atoms with E-state index in [0.717, 1.165) is 19.4 Å². The number of aryl methyl sites for hydroxylation is 1. The fraction of sp³-hybridized carbons (Fsp3) is 0.632. The number of carbonyl (C=O) groups excluding carboxylic acids is 1. The van der Waals surface area contributed by atoms with Crippen molar-refractivity contribution in [1.82, 2.24) is 9.88 Å². The normalized spacial score (nSPS) is 11.5. The molecule has 0 aliphatic heterocycles. The maximum absolute atomic E-state index is 11.5. The first-order valence-corrected chi connectivity index (χ1v) is 8.61. The summed E-state index contributed by atoms with van der Waals surface area (Å²) in [6, 6.07) is 4.16. The van der Waals surface area contributed by atoms with E-state index in [1.807, 2.05) is 34.6 Å². The molecule has 1 aromatic heterocycles. The van der Waals surface area contributed by atoms with Crippen LogP contribution in [0.25, 0.3) is 6.08 Å². The molecule has 132 valence electrons. The molecule has 0 atom stereocenters. The predicted molar refractivity (Wildman–Crippen MR) is 98.6 cm³/mol. The molecule has 0 unspecified atom stereocenters. The highest BCUT2D eigenvalue weighted by Gasteiger charge is 2.15. The minimum absolute atomic E-state index is 0.350. The molecule has 0 aliphatic carbocycles. The maximum Gasteiger partial charge on any atom is 0.407 e. The third-order valence-corrected chi connectivity index (χ3v) is 3.06. The summed E-state index contributed by atoms with van der Waals surface area (Å²) in [5.41, 5.74) is 2.13. The molecular weight excluding hydrogens is 288 g/mol. The Kier molecular flexibility index (Phi) is 10.1. The van der Waals surface area contributed by atoms with Crippen LogP contribution >= 0.6 is 0 Å². The lowest BCUT2D eigenvalue weighted by molar-refractivity contribution is 0.0526. The number of alkyl carbamates (subject to hydrolysis) is 1. The number of nitrogens with one attached hydrogen (secondary N) is 1. The van der Waals surface area contributed by atoms with E-state index in [9.17, 15) is 4.79 Å². The lowest BCUT2D eigenvalue weighted by Crippen LogP contribution is -2.33. The Balaban J connectivity index is 0.00000232. The Labute approximate surface area is 141 Å². The second-order valence-electron chi connectivity index (χ2n) is 6.25. The highest BCUT2D eigenvalue weighted by atomic mass is 16.6.